The molecule has 1 aliphatic rings. The summed E-state index contributed by atoms with van der Waals surface area (Å²) in [5.74, 6) is -0.143. The number of aromatic nitrogens is 4. The molecule has 1 unspecified atom stereocenters. The summed E-state index contributed by atoms with van der Waals surface area (Å²) < 4.78 is 1.48. The molecule has 1 saturated heterocycles. The highest BCUT2D eigenvalue weighted by molar-refractivity contribution is 5.92. The fraction of sp³-hybridized carbons (Fsp3) is 0.500. The first-order valence-corrected chi connectivity index (χ1v) is 8.52. The zero-order valence-corrected chi connectivity index (χ0v) is 14.8. The molecule has 1 aliphatic heterocycles. The highest BCUT2D eigenvalue weighted by atomic mass is 16.2. The molecule has 1 atom stereocenters. The third kappa shape index (κ3) is 3.75. The second-order valence-corrected chi connectivity index (χ2v) is 7.37. The summed E-state index contributed by atoms with van der Waals surface area (Å²) in [6.07, 6.45) is 6.28. The Labute approximate surface area is 146 Å². The molecular formula is C18H23N5O2. The van der Waals surface area contributed by atoms with E-state index >= 15 is 0 Å². The molecule has 0 spiro atoms. The summed E-state index contributed by atoms with van der Waals surface area (Å²) in [6.45, 7) is 7.24. The summed E-state index contributed by atoms with van der Waals surface area (Å²) >= 11 is 0. The van der Waals surface area contributed by atoms with Gasteiger partial charge in [0.25, 0.3) is 11.5 Å². The topological polar surface area (TPSA) is 81.0 Å². The van der Waals surface area contributed by atoms with Gasteiger partial charge in [-0.05, 0) is 18.9 Å². The zero-order chi connectivity index (χ0) is 18.0. The molecule has 0 N–H and O–H groups in total. The van der Waals surface area contributed by atoms with Gasteiger partial charge in [0.05, 0.1) is 24.5 Å². The molecule has 2 aromatic rings. The largest absolute Gasteiger partial charge is 0.332 e. The van der Waals surface area contributed by atoms with E-state index < -0.39 is 0 Å². The van der Waals surface area contributed by atoms with Gasteiger partial charge >= 0.3 is 0 Å². The monoisotopic (exact) mass is 341 g/mol. The highest BCUT2D eigenvalue weighted by Crippen LogP contribution is 2.21. The lowest BCUT2D eigenvalue weighted by atomic mass is 9.92. The molecular weight excluding hydrogens is 318 g/mol. The van der Waals surface area contributed by atoms with Crippen LogP contribution in [0.2, 0.25) is 0 Å². The molecule has 1 amide bonds. The molecule has 0 aromatic carbocycles. The van der Waals surface area contributed by atoms with Crippen LogP contribution in [0, 0.1) is 0 Å². The lowest BCUT2D eigenvalue weighted by Crippen LogP contribution is -2.41. The molecule has 1 fully saturated rings. The van der Waals surface area contributed by atoms with Crippen LogP contribution in [-0.4, -0.2) is 43.1 Å². The van der Waals surface area contributed by atoms with Crippen LogP contribution in [0.25, 0.3) is 0 Å². The molecule has 7 heteroatoms. The van der Waals surface area contributed by atoms with Crippen LogP contribution in [0.15, 0.2) is 35.5 Å². The average Bonchev–Trinajstić information content (AvgIpc) is 3.04. The molecule has 132 valence electrons. The lowest BCUT2D eigenvalue weighted by Gasteiger charge is -2.25. The van der Waals surface area contributed by atoms with Gasteiger partial charge in [-0.1, -0.05) is 20.8 Å². The number of rotatable bonds is 3. The maximum atomic E-state index is 12.7. The number of likely N-dealkylation sites (tertiary alicyclic amines) is 1. The van der Waals surface area contributed by atoms with E-state index in [1.165, 1.54) is 17.1 Å². The molecule has 25 heavy (non-hydrogen) atoms. The van der Waals surface area contributed by atoms with Crippen molar-refractivity contribution in [3.05, 3.63) is 52.5 Å². The van der Waals surface area contributed by atoms with E-state index in [0.29, 0.717) is 18.8 Å². The predicted octanol–water partition coefficient (Wildman–Crippen LogP) is 1.64. The molecule has 7 nitrogen and oxygen atoms in total. The van der Waals surface area contributed by atoms with Crippen molar-refractivity contribution in [3.63, 3.8) is 0 Å². The number of nitrogens with zero attached hydrogens (tertiary/aromatic N) is 5. The van der Waals surface area contributed by atoms with Gasteiger partial charge in [0.1, 0.15) is 5.69 Å². The fourth-order valence-electron chi connectivity index (χ4n) is 3.03. The Kier molecular flexibility index (Phi) is 4.65. The minimum Gasteiger partial charge on any atom is -0.332 e. The summed E-state index contributed by atoms with van der Waals surface area (Å²) in [5.41, 5.74) is 0.905. The molecule has 3 heterocycles. The van der Waals surface area contributed by atoms with Crippen molar-refractivity contribution in [1.29, 1.82) is 0 Å². The van der Waals surface area contributed by atoms with E-state index in [-0.39, 0.29) is 22.9 Å². The number of carbonyl (C=O) groups excluding carboxylic acids is 1. The molecule has 0 radical (unpaired) electrons. The van der Waals surface area contributed by atoms with Crippen molar-refractivity contribution < 1.29 is 4.79 Å². The quantitative estimate of drug-likeness (QED) is 0.848. The number of amides is 1. The summed E-state index contributed by atoms with van der Waals surface area (Å²) in [5, 5.41) is 4.51. The first kappa shape index (κ1) is 17.3. The standard InChI is InChI=1S/C18H23N5O2/c1-18(2,3)15-6-7-16(24)23(21-15)12-13-5-4-10-22(13)17(25)14-11-19-8-9-20-14/h6-9,11,13H,4-5,10,12H2,1-3H3. The Morgan fingerprint density at radius 3 is 2.76 bits per heavy atom. The van der Waals surface area contributed by atoms with E-state index in [0.717, 1.165) is 18.5 Å². The molecule has 2 aromatic heterocycles. The van der Waals surface area contributed by atoms with Crippen molar-refractivity contribution in [3.8, 4) is 0 Å². The van der Waals surface area contributed by atoms with Crippen molar-refractivity contribution in [2.45, 2.75) is 51.6 Å². The first-order valence-electron chi connectivity index (χ1n) is 8.52. The Hall–Kier alpha value is -2.57. The molecule has 0 saturated carbocycles. The Balaban J connectivity index is 1.83. The lowest BCUT2D eigenvalue weighted by molar-refractivity contribution is 0.0713. The average molecular weight is 341 g/mol. The second-order valence-electron chi connectivity index (χ2n) is 7.37. The Morgan fingerprint density at radius 2 is 2.08 bits per heavy atom. The van der Waals surface area contributed by atoms with Gasteiger partial charge < -0.3 is 4.90 Å². The maximum Gasteiger partial charge on any atom is 0.274 e. The van der Waals surface area contributed by atoms with Crippen LogP contribution < -0.4 is 5.56 Å². The first-order chi connectivity index (χ1) is 11.9. The van der Waals surface area contributed by atoms with Gasteiger partial charge in [0.2, 0.25) is 0 Å². The van der Waals surface area contributed by atoms with E-state index in [2.05, 4.69) is 35.8 Å². The van der Waals surface area contributed by atoms with Gasteiger partial charge in [-0.2, -0.15) is 5.10 Å². The van der Waals surface area contributed by atoms with E-state index in [4.69, 9.17) is 0 Å². The highest BCUT2D eigenvalue weighted by Gasteiger charge is 2.31. The van der Waals surface area contributed by atoms with Gasteiger partial charge in [-0.25, -0.2) is 9.67 Å². The van der Waals surface area contributed by atoms with Gasteiger partial charge in [-0.3, -0.25) is 14.6 Å². The van der Waals surface area contributed by atoms with Gasteiger partial charge in [-0.15, -0.1) is 0 Å². The van der Waals surface area contributed by atoms with E-state index in [1.54, 1.807) is 23.2 Å². The minimum absolute atomic E-state index is 0.0603. The van der Waals surface area contributed by atoms with E-state index in [1.807, 2.05) is 0 Å². The van der Waals surface area contributed by atoms with Gasteiger partial charge in [0.15, 0.2) is 0 Å². The zero-order valence-electron chi connectivity index (χ0n) is 14.8. The minimum atomic E-state index is -0.146. The van der Waals surface area contributed by atoms with Crippen LogP contribution in [0.4, 0.5) is 0 Å². The van der Waals surface area contributed by atoms with Crippen LogP contribution in [0.5, 0.6) is 0 Å². The van der Waals surface area contributed by atoms with Crippen LogP contribution in [-0.2, 0) is 12.0 Å². The number of carbonyl (C=O) groups is 1. The number of hydrogen-bond acceptors (Lipinski definition) is 5. The number of hydrogen-bond donors (Lipinski definition) is 0. The maximum absolute atomic E-state index is 12.7. The van der Waals surface area contributed by atoms with Crippen molar-refractivity contribution in [1.82, 2.24) is 24.6 Å². The van der Waals surface area contributed by atoms with Crippen LogP contribution in [0.1, 0.15) is 49.8 Å². The Morgan fingerprint density at radius 1 is 1.28 bits per heavy atom. The molecule has 0 bridgehead atoms. The Bertz CT molecular complexity index is 810. The van der Waals surface area contributed by atoms with Crippen LogP contribution >= 0.6 is 0 Å². The summed E-state index contributed by atoms with van der Waals surface area (Å²) in [4.78, 5) is 34.7. The summed E-state index contributed by atoms with van der Waals surface area (Å²) in [6, 6.07) is 3.27. The second kappa shape index (κ2) is 6.74. The molecule has 0 aliphatic carbocycles. The third-order valence-electron chi connectivity index (χ3n) is 4.44. The normalized spacial score (nSPS) is 17.7. The summed E-state index contributed by atoms with van der Waals surface area (Å²) in [7, 11) is 0. The fourth-order valence-corrected chi connectivity index (χ4v) is 3.03. The smallest absolute Gasteiger partial charge is 0.274 e. The molecule has 3 rings (SSSR count). The third-order valence-corrected chi connectivity index (χ3v) is 4.44. The van der Waals surface area contributed by atoms with Gasteiger partial charge in [0, 0.05) is 30.4 Å². The SMILES string of the molecule is CC(C)(C)c1ccc(=O)n(CC2CCCN2C(=O)c2cnccn2)n1. The van der Waals surface area contributed by atoms with Crippen molar-refractivity contribution in [2.75, 3.05) is 6.54 Å². The van der Waals surface area contributed by atoms with E-state index in [9.17, 15) is 9.59 Å². The van der Waals surface area contributed by atoms with Crippen molar-refractivity contribution >= 4 is 5.91 Å². The predicted molar refractivity (Wildman–Crippen MR) is 93.3 cm³/mol. The van der Waals surface area contributed by atoms with Crippen molar-refractivity contribution in [2.24, 2.45) is 0 Å². The van der Waals surface area contributed by atoms with Crippen LogP contribution in [0.3, 0.4) is 0 Å².